The van der Waals surface area contributed by atoms with E-state index in [1.165, 1.54) is 27.9 Å². The highest BCUT2D eigenvalue weighted by Gasteiger charge is 2.25. The van der Waals surface area contributed by atoms with Gasteiger partial charge in [0.05, 0.1) is 19.3 Å². The highest BCUT2D eigenvalue weighted by atomic mass is 16.7. The number of hydrogen-bond donors (Lipinski definition) is 2. The van der Waals surface area contributed by atoms with Gasteiger partial charge in [0.15, 0.2) is 6.29 Å². The molecule has 2 atom stereocenters. The third-order valence-electron chi connectivity index (χ3n) is 7.68. The van der Waals surface area contributed by atoms with E-state index in [0.717, 1.165) is 34.7 Å². The van der Waals surface area contributed by atoms with Crippen LogP contribution >= 0.6 is 0 Å². The first-order valence-corrected chi connectivity index (χ1v) is 16.9. The molecule has 254 valence electrons. The van der Waals surface area contributed by atoms with Gasteiger partial charge in [-0.25, -0.2) is 0 Å². The number of aliphatic hydroxyl groups excluding tert-OH is 1. The highest BCUT2D eigenvalue weighted by molar-refractivity contribution is 5.43. The Hall–Kier alpha value is -3.90. The average Bonchev–Trinajstić information content (AvgIpc) is 3.45. The smallest absolute Gasteiger partial charge is 0.184 e. The molecule has 1 aliphatic rings. The van der Waals surface area contributed by atoms with Crippen molar-refractivity contribution in [2.24, 2.45) is 0 Å². The van der Waals surface area contributed by atoms with Gasteiger partial charge in [-0.2, -0.15) is 0 Å². The fourth-order valence-electron chi connectivity index (χ4n) is 5.33. The average molecular weight is 640 g/mol. The Morgan fingerprint density at radius 3 is 1.94 bits per heavy atom. The summed E-state index contributed by atoms with van der Waals surface area (Å²) in [5, 5.41) is 12.2. The number of aryl methyl sites for hydroxylation is 2. The summed E-state index contributed by atoms with van der Waals surface area (Å²) in [7, 11) is 0. The Morgan fingerprint density at radius 1 is 0.894 bits per heavy atom. The Morgan fingerprint density at radius 2 is 1.45 bits per heavy atom. The second-order valence-electron chi connectivity index (χ2n) is 11.4. The Balaban J connectivity index is 0.000000547. The molecule has 2 N–H and O–H groups in total. The van der Waals surface area contributed by atoms with Gasteiger partial charge in [-0.15, -0.1) is 13.2 Å². The number of rotatable bonds is 8. The van der Waals surface area contributed by atoms with Crippen LogP contribution in [-0.2, 0) is 15.9 Å². The summed E-state index contributed by atoms with van der Waals surface area (Å²) in [6, 6.07) is 26.7. The number of ether oxygens (including phenoxy) is 3. The van der Waals surface area contributed by atoms with Crippen molar-refractivity contribution in [2.45, 2.75) is 92.6 Å². The molecule has 1 saturated heterocycles. The predicted molar refractivity (Wildman–Crippen MR) is 198 cm³/mol. The molecule has 1 fully saturated rings. The summed E-state index contributed by atoms with van der Waals surface area (Å²) in [5.74, 6) is 0.996. The summed E-state index contributed by atoms with van der Waals surface area (Å²) in [4.78, 5) is 3.62. The minimum absolute atomic E-state index is 0.140. The SMILES string of the molecule is C/C=c1/[nH]c(C(C)c2ccc(OC3COC(c4ccccc4)OC3)cc2)c(CCC)/c1=C/C(C)O.C=C.CC.Cc1ccc(C)cc1. The lowest BCUT2D eigenvalue weighted by Gasteiger charge is -2.30. The predicted octanol–water partition coefficient (Wildman–Crippen LogP) is 8.71. The van der Waals surface area contributed by atoms with Crippen molar-refractivity contribution in [3.05, 3.63) is 136 Å². The van der Waals surface area contributed by atoms with E-state index in [2.05, 4.69) is 88.3 Å². The van der Waals surface area contributed by atoms with Gasteiger partial charge in [0, 0.05) is 27.7 Å². The van der Waals surface area contributed by atoms with E-state index < -0.39 is 6.10 Å². The normalized spacial score (nSPS) is 17.6. The fourth-order valence-corrected chi connectivity index (χ4v) is 5.33. The zero-order valence-corrected chi connectivity index (χ0v) is 29.9. The van der Waals surface area contributed by atoms with E-state index in [-0.39, 0.29) is 18.3 Å². The molecule has 4 aromatic rings. The molecule has 0 aliphatic carbocycles. The Labute approximate surface area is 283 Å². The molecule has 5 nitrogen and oxygen atoms in total. The third-order valence-corrected chi connectivity index (χ3v) is 7.68. The van der Waals surface area contributed by atoms with Gasteiger partial charge in [-0.05, 0) is 63.5 Å². The number of nitrogens with one attached hydrogen (secondary N) is 1. The summed E-state index contributed by atoms with van der Waals surface area (Å²) in [6.45, 7) is 23.4. The maximum absolute atomic E-state index is 10.0. The van der Waals surface area contributed by atoms with Crippen LogP contribution in [0.5, 0.6) is 5.75 Å². The van der Waals surface area contributed by atoms with Gasteiger partial charge in [0.1, 0.15) is 11.9 Å². The highest BCUT2D eigenvalue weighted by Crippen LogP contribution is 2.28. The quantitative estimate of drug-likeness (QED) is 0.189. The van der Waals surface area contributed by atoms with Crippen LogP contribution in [0.1, 0.15) is 93.7 Å². The first-order chi connectivity index (χ1) is 22.8. The van der Waals surface area contributed by atoms with E-state index in [9.17, 15) is 5.11 Å². The first kappa shape index (κ1) is 39.3. The van der Waals surface area contributed by atoms with Crippen LogP contribution in [0.4, 0.5) is 0 Å². The largest absolute Gasteiger partial charge is 0.486 e. The monoisotopic (exact) mass is 639 g/mol. The molecule has 1 aromatic heterocycles. The number of aliphatic hydroxyl groups is 1. The van der Waals surface area contributed by atoms with E-state index in [0.29, 0.717) is 13.2 Å². The zero-order chi connectivity index (χ0) is 34.8. The summed E-state index contributed by atoms with van der Waals surface area (Å²) in [6.07, 6.45) is 5.07. The summed E-state index contributed by atoms with van der Waals surface area (Å²) in [5.41, 5.74) is 7.39. The number of aromatic nitrogens is 1. The summed E-state index contributed by atoms with van der Waals surface area (Å²) < 4.78 is 17.9. The minimum Gasteiger partial charge on any atom is -0.486 e. The number of H-pyrrole nitrogens is 1. The molecule has 2 heterocycles. The van der Waals surface area contributed by atoms with Crippen LogP contribution in [-0.4, -0.2) is 35.5 Å². The molecule has 0 amide bonds. The van der Waals surface area contributed by atoms with Gasteiger partial charge in [-0.1, -0.05) is 118 Å². The van der Waals surface area contributed by atoms with Crippen LogP contribution in [0.3, 0.4) is 0 Å². The van der Waals surface area contributed by atoms with Gasteiger partial charge in [-0.3, -0.25) is 0 Å². The van der Waals surface area contributed by atoms with Gasteiger partial charge >= 0.3 is 0 Å². The van der Waals surface area contributed by atoms with Crippen LogP contribution in [0.25, 0.3) is 12.2 Å². The van der Waals surface area contributed by atoms with Gasteiger partial charge < -0.3 is 24.3 Å². The van der Waals surface area contributed by atoms with Crippen LogP contribution < -0.4 is 15.3 Å². The van der Waals surface area contributed by atoms with Crippen LogP contribution in [0.2, 0.25) is 0 Å². The van der Waals surface area contributed by atoms with Crippen molar-refractivity contribution in [3.63, 3.8) is 0 Å². The van der Waals surface area contributed by atoms with E-state index in [1.54, 1.807) is 6.92 Å². The molecule has 1 aliphatic heterocycles. The lowest BCUT2D eigenvalue weighted by molar-refractivity contribution is -0.215. The number of hydrogen-bond acceptors (Lipinski definition) is 4. The maximum Gasteiger partial charge on any atom is 0.184 e. The zero-order valence-electron chi connectivity index (χ0n) is 29.9. The lowest BCUT2D eigenvalue weighted by atomic mass is 9.93. The summed E-state index contributed by atoms with van der Waals surface area (Å²) >= 11 is 0. The van der Waals surface area contributed by atoms with E-state index in [4.69, 9.17) is 14.2 Å². The fraction of sp³-hybridized carbons (Fsp3) is 0.381. The van der Waals surface area contributed by atoms with E-state index >= 15 is 0 Å². The maximum atomic E-state index is 10.0. The molecular weight excluding hydrogens is 582 g/mol. The van der Waals surface area contributed by atoms with Crippen molar-refractivity contribution in [1.29, 1.82) is 0 Å². The molecule has 0 radical (unpaired) electrons. The Kier molecular flexibility index (Phi) is 17.6. The number of benzene rings is 3. The molecule has 0 saturated carbocycles. The van der Waals surface area contributed by atoms with Crippen LogP contribution in [0.15, 0.2) is 92.0 Å². The van der Waals surface area contributed by atoms with Gasteiger partial charge in [0.25, 0.3) is 0 Å². The van der Waals surface area contributed by atoms with Crippen molar-refractivity contribution in [2.75, 3.05) is 13.2 Å². The topological polar surface area (TPSA) is 63.7 Å². The molecule has 5 rings (SSSR count). The van der Waals surface area contributed by atoms with E-state index in [1.807, 2.05) is 69.3 Å². The second kappa shape index (κ2) is 21.1. The van der Waals surface area contributed by atoms with Crippen molar-refractivity contribution in [1.82, 2.24) is 4.98 Å². The van der Waals surface area contributed by atoms with Crippen molar-refractivity contribution < 1.29 is 19.3 Å². The molecule has 0 spiro atoms. The molecule has 47 heavy (non-hydrogen) atoms. The molecule has 0 bridgehead atoms. The molecule has 5 heteroatoms. The lowest BCUT2D eigenvalue weighted by Crippen LogP contribution is -2.35. The van der Waals surface area contributed by atoms with Crippen molar-refractivity contribution >= 4 is 12.2 Å². The minimum atomic E-state index is -0.490. The van der Waals surface area contributed by atoms with Crippen LogP contribution in [0, 0.1) is 13.8 Å². The standard InChI is InChI=1S/C30H37NO4.C8H10.C2H6.C2H4/c1-5-10-26-27(17-20(3)32)28(6-2)31-29(26)21(4)22-13-15-24(16-14-22)35-25-18-33-30(34-19-25)23-11-8-7-9-12-23;1-7-3-5-8(2)6-4-7;2*1-2/h6-9,11-17,20-21,25,30-32H,5,10,18-19H2,1-4H3;3-6H,1-2H3;1-2H3;1-2H2/b27-17-,28-6+;;;. The third kappa shape index (κ3) is 12.0. The molecule has 3 aromatic carbocycles. The molecule has 2 unspecified atom stereocenters. The van der Waals surface area contributed by atoms with Gasteiger partial charge in [0.2, 0.25) is 0 Å². The Bertz CT molecular complexity index is 1510. The van der Waals surface area contributed by atoms with Crippen molar-refractivity contribution in [3.8, 4) is 5.75 Å². The number of aromatic amines is 1. The molecular formula is C42H57NO4. The first-order valence-electron chi connectivity index (χ1n) is 16.9. The second-order valence-corrected chi connectivity index (χ2v) is 11.4.